The largest absolute Gasteiger partial charge is 0.382 e. The van der Waals surface area contributed by atoms with E-state index in [2.05, 4.69) is 20.6 Å². The number of benzene rings is 2. The van der Waals surface area contributed by atoms with Crippen LogP contribution in [0.5, 0.6) is 0 Å². The average Bonchev–Trinajstić information content (AvgIpc) is 2.80. The molecule has 0 saturated carbocycles. The molecule has 35 heavy (non-hydrogen) atoms. The number of hydrogen-bond acceptors (Lipinski definition) is 7. The van der Waals surface area contributed by atoms with Crippen molar-refractivity contribution in [1.29, 1.82) is 0 Å². The molecule has 1 aliphatic rings. The van der Waals surface area contributed by atoms with Crippen LogP contribution in [-0.4, -0.2) is 46.1 Å². The first-order valence-electron chi connectivity index (χ1n) is 10.8. The van der Waals surface area contributed by atoms with Crippen LogP contribution >= 0.6 is 0 Å². The van der Waals surface area contributed by atoms with E-state index < -0.39 is 29.6 Å². The SMILES string of the molecule is CCc1cc(NC(=O)[C@H](O)c2cc(F)cc(F)c2)ccc1-c1cnc(N)c(C(=O)NC2COC2)n1. The van der Waals surface area contributed by atoms with Gasteiger partial charge in [-0.15, -0.1) is 0 Å². The molecule has 2 amide bonds. The van der Waals surface area contributed by atoms with Crippen LogP contribution in [0.25, 0.3) is 11.3 Å². The van der Waals surface area contributed by atoms with Crippen molar-refractivity contribution in [2.45, 2.75) is 25.5 Å². The van der Waals surface area contributed by atoms with Crippen LogP contribution in [0, 0.1) is 11.6 Å². The molecule has 5 N–H and O–H groups in total. The van der Waals surface area contributed by atoms with Crippen molar-refractivity contribution < 1.29 is 28.2 Å². The molecule has 0 aliphatic carbocycles. The zero-order valence-electron chi connectivity index (χ0n) is 18.7. The van der Waals surface area contributed by atoms with Crippen LogP contribution in [-0.2, 0) is 16.0 Å². The normalized spacial score (nSPS) is 14.2. The molecular formula is C24H23F2N5O4. The van der Waals surface area contributed by atoms with Gasteiger partial charge in [-0.25, -0.2) is 18.7 Å². The molecule has 1 atom stereocenters. The second-order valence-corrected chi connectivity index (χ2v) is 8.02. The lowest BCUT2D eigenvalue weighted by molar-refractivity contribution is -0.124. The molecule has 1 aliphatic heterocycles. The van der Waals surface area contributed by atoms with Crippen molar-refractivity contribution in [3.63, 3.8) is 0 Å². The summed E-state index contributed by atoms with van der Waals surface area (Å²) in [6.07, 6.45) is 0.229. The number of aliphatic hydroxyl groups is 1. The van der Waals surface area contributed by atoms with Crippen LogP contribution in [0.15, 0.2) is 42.6 Å². The summed E-state index contributed by atoms with van der Waals surface area (Å²) in [6, 6.07) is 7.27. The van der Waals surface area contributed by atoms with Gasteiger partial charge in [0.2, 0.25) is 0 Å². The van der Waals surface area contributed by atoms with Gasteiger partial charge in [-0.3, -0.25) is 9.59 Å². The van der Waals surface area contributed by atoms with E-state index >= 15 is 0 Å². The Labute approximate surface area is 199 Å². The van der Waals surface area contributed by atoms with E-state index in [1.54, 1.807) is 18.2 Å². The summed E-state index contributed by atoms with van der Waals surface area (Å²) < 4.78 is 31.9. The smallest absolute Gasteiger partial charge is 0.274 e. The van der Waals surface area contributed by atoms with E-state index in [-0.39, 0.29) is 23.1 Å². The Balaban J connectivity index is 1.55. The second-order valence-electron chi connectivity index (χ2n) is 8.02. The van der Waals surface area contributed by atoms with Crippen molar-refractivity contribution >= 4 is 23.3 Å². The van der Waals surface area contributed by atoms with E-state index in [1.165, 1.54) is 6.20 Å². The van der Waals surface area contributed by atoms with Gasteiger partial charge in [-0.2, -0.15) is 0 Å². The minimum atomic E-state index is -1.77. The number of nitrogen functional groups attached to an aromatic ring is 1. The monoisotopic (exact) mass is 483 g/mol. The maximum atomic E-state index is 13.4. The highest BCUT2D eigenvalue weighted by atomic mass is 19.1. The van der Waals surface area contributed by atoms with Crippen LogP contribution in [0.3, 0.4) is 0 Å². The van der Waals surface area contributed by atoms with E-state index in [0.29, 0.717) is 42.6 Å². The average molecular weight is 483 g/mol. The zero-order valence-corrected chi connectivity index (χ0v) is 18.7. The third-order valence-electron chi connectivity index (χ3n) is 5.47. The van der Waals surface area contributed by atoms with Gasteiger partial charge in [0.15, 0.2) is 17.6 Å². The predicted molar refractivity (Wildman–Crippen MR) is 123 cm³/mol. The topological polar surface area (TPSA) is 139 Å². The van der Waals surface area contributed by atoms with Gasteiger partial charge in [0.25, 0.3) is 11.8 Å². The number of hydrogen-bond donors (Lipinski definition) is 4. The summed E-state index contributed by atoms with van der Waals surface area (Å²) in [7, 11) is 0. The molecule has 182 valence electrons. The lowest BCUT2D eigenvalue weighted by Crippen LogP contribution is -2.48. The molecule has 0 bridgehead atoms. The molecule has 0 unspecified atom stereocenters. The highest BCUT2D eigenvalue weighted by Crippen LogP contribution is 2.27. The number of aromatic nitrogens is 2. The number of halogens is 2. The van der Waals surface area contributed by atoms with Crippen LogP contribution < -0.4 is 16.4 Å². The fourth-order valence-electron chi connectivity index (χ4n) is 3.58. The van der Waals surface area contributed by atoms with E-state index in [1.807, 2.05) is 6.92 Å². The number of rotatable bonds is 7. The first kappa shape index (κ1) is 24.2. The molecule has 4 rings (SSSR count). The van der Waals surface area contributed by atoms with Crippen LogP contribution in [0.4, 0.5) is 20.3 Å². The number of carbonyl (C=O) groups excluding carboxylic acids is 2. The highest BCUT2D eigenvalue weighted by molar-refractivity contribution is 5.97. The number of amides is 2. The van der Waals surface area contributed by atoms with Gasteiger partial charge in [-0.1, -0.05) is 13.0 Å². The molecule has 2 heterocycles. The summed E-state index contributed by atoms with van der Waals surface area (Å²) >= 11 is 0. The third kappa shape index (κ3) is 5.42. The van der Waals surface area contributed by atoms with Crippen LogP contribution in [0.1, 0.15) is 34.6 Å². The number of ether oxygens (including phenoxy) is 1. The van der Waals surface area contributed by atoms with Crippen molar-refractivity contribution in [1.82, 2.24) is 15.3 Å². The Hall–Kier alpha value is -3.96. The number of anilines is 2. The Morgan fingerprint density at radius 3 is 2.54 bits per heavy atom. The van der Waals surface area contributed by atoms with Crippen molar-refractivity contribution in [2.24, 2.45) is 0 Å². The summed E-state index contributed by atoms with van der Waals surface area (Å²) in [5.74, 6) is -3.10. The molecule has 1 fully saturated rings. The van der Waals surface area contributed by atoms with Gasteiger partial charge in [0.1, 0.15) is 11.6 Å². The van der Waals surface area contributed by atoms with Crippen molar-refractivity contribution in [2.75, 3.05) is 24.3 Å². The molecule has 2 aromatic carbocycles. The molecule has 3 aromatic rings. The van der Waals surface area contributed by atoms with Gasteiger partial charge in [0, 0.05) is 17.3 Å². The Kier molecular flexibility index (Phi) is 6.99. The fraction of sp³-hybridized carbons (Fsp3) is 0.250. The Morgan fingerprint density at radius 1 is 1.20 bits per heavy atom. The minimum Gasteiger partial charge on any atom is -0.382 e. The van der Waals surface area contributed by atoms with E-state index in [4.69, 9.17) is 10.5 Å². The van der Waals surface area contributed by atoms with Crippen molar-refractivity contribution in [3.05, 3.63) is 71.1 Å². The molecule has 0 radical (unpaired) electrons. The maximum Gasteiger partial charge on any atom is 0.274 e. The molecule has 1 aromatic heterocycles. The number of carbonyl (C=O) groups is 2. The number of nitrogens with zero attached hydrogens (tertiary/aromatic N) is 2. The first-order chi connectivity index (χ1) is 16.7. The Morgan fingerprint density at radius 2 is 1.91 bits per heavy atom. The standard InChI is InChI=1S/C24H23F2N5O4/c1-2-12-7-16(29-24(34)21(32)13-5-14(25)8-15(26)6-13)3-4-18(12)19-9-28-22(27)20(31-19)23(33)30-17-10-35-11-17/h3-9,17,21,32H,2,10-11H2,1H3,(H2,27,28)(H,29,34)(H,30,33)/t21-/m1/s1. The lowest BCUT2D eigenvalue weighted by Gasteiger charge is -2.26. The summed E-state index contributed by atoms with van der Waals surface area (Å²) in [5, 5.41) is 15.5. The fourth-order valence-corrected chi connectivity index (χ4v) is 3.58. The van der Waals surface area contributed by atoms with Crippen molar-refractivity contribution in [3.8, 4) is 11.3 Å². The zero-order chi connectivity index (χ0) is 25.1. The van der Waals surface area contributed by atoms with Crippen LogP contribution in [0.2, 0.25) is 0 Å². The van der Waals surface area contributed by atoms with Gasteiger partial charge >= 0.3 is 0 Å². The van der Waals surface area contributed by atoms with Gasteiger partial charge in [-0.05, 0) is 41.8 Å². The molecular weight excluding hydrogens is 460 g/mol. The maximum absolute atomic E-state index is 13.4. The summed E-state index contributed by atoms with van der Waals surface area (Å²) in [4.78, 5) is 33.5. The quantitative estimate of drug-likeness (QED) is 0.405. The predicted octanol–water partition coefficient (Wildman–Crippen LogP) is 2.37. The summed E-state index contributed by atoms with van der Waals surface area (Å²) in [5.41, 5.74) is 7.88. The van der Waals surface area contributed by atoms with E-state index in [0.717, 1.165) is 17.7 Å². The molecule has 1 saturated heterocycles. The number of nitrogens with one attached hydrogen (secondary N) is 2. The molecule has 9 nitrogen and oxygen atoms in total. The summed E-state index contributed by atoms with van der Waals surface area (Å²) in [6.45, 7) is 2.74. The second kappa shape index (κ2) is 10.1. The Bertz CT molecular complexity index is 1260. The van der Waals surface area contributed by atoms with Gasteiger partial charge in [0.05, 0.1) is 31.1 Å². The van der Waals surface area contributed by atoms with E-state index in [9.17, 15) is 23.5 Å². The molecule has 0 spiro atoms. The molecule has 11 heteroatoms. The highest BCUT2D eigenvalue weighted by Gasteiger charge is 2.24. The first-order valence-corrected chi connectivity index (χ1v) is 10.8. The minimum absolute atomic E-state index is 0.000666. The lowest BCUT2D eigenvalue weighted by atomic mass is 10.0. The number of aliphatic hydroxyl groups excluding tert-OH is 1. The number of aryl methyl sites for hydroxylation is 1. The number of nitrogens with two attached hydrogens (primary N) is 1. The van der Waals surface area contributed by atoms with Gasteiger partial charge < -0.3 is 26.2 Å². The third-order valence-corrected chi connectivity index (χ3v) is 5.47.